The minimum Gasteiger partial charge on any atom is -0.351 e. The van der Waals surface area contributed by atoms with Crippen LogP contribution in [0.2, 0.25) is 0 Å². The van der Waals surface area contributed by atoms with E-state index < -0.39 is 0 Å². The summed E-state index contributed by atoms with van der Waals surface area (Å²) in [6, 6.07) is 9.91. The van der Waals surface area contributed by atoms with Gasteiger partial charge in [0.25, 0.3) is 5.91 Å². The van der Waals surface area contributed by atoms with Crippen molar-refractivity contribution >= 4 is 22.7 Å². The molecule has 1 atom stereocenters. The summed E-state index contributed by atoms with van der Waals surface area (Å²) in [5.41, 5.74) is 1.32. The number of benzene rings is 1. The number of nitrogens with zero attached hydrogens (tertiary/aromatic N) is 2. The van der Waals surface area contributed by atoms with E-state index in [0.29, 0.717) is 24.6 Å². The molecule has 3 heterocycles. The van der Waals surface area contributed by atoms with Crippen molar-refractivity contribution in [2.45, 2.75) is 44.1 Å². The Kier molecular flexibility index (Phi) is 3.59. The Labute approximate surface area is 153 Å². The molecule has 136 valence electrons. The van der Waals surface area contributed by atoms with Crippen molar-refractivity contribution in [2.75, 3.05) is 19.6 Å². The van der Waals surface area contributed by atoms with Crippen LogP contribution in [0.3, 0.4) is 0 Å². The average molecular weight is 351 g/mol. The molecule has 1 saturated carbocycles. The lowest BCUT2D eigenvalue weighted by molar-refractivity contribution is -0.128. The minimum atomic E-state index is -0.307. The molecule has 2 aliphatic heterocycles. The van der Waals surface area contributed by atoms with Gasteiger partial charge in [-0.1, -0.05) is 18.2 Å². The van der Waals surface area contributed by atoms with Gasteiger partial charge in [0.2, 0.25) is 5.91 Å². The van der Waals surface area contributed by atoms with E-state index in [9.17, 15) is 9.59 Å². The molecule has 3 aliphatic rings. The molecule has 2 saturated heterocycles. The zero-order valence-electron chi connectivity index (χ0n) is 15.0. The molecule has 3 fully saturated rings. The highest BCUT2D eigenvalue weighted by Gasteiger charge is 2.50. The first-order valence-corrected chi connectivity index (χ1v) is 9.82. The zero-order valence-corrected chi connectivity index (χ0v) is 15.0. The van der Waals surface area contributed by atoms with E-state index in [2.05, 4.69) is 4.98 Å². The van der Waals surface area contributed by atoms with Crippen LogP contribution in [-0.4, -0.2) is 51.8 Å². The maximum absolute atomic E-state index is 13.3. The van der Waals surface area contributed by atoms with Crippen LogP contribution in [0.5, 0.6) is 0 Å². The number of fused-ring (bicyclic) bond motifs is 1. The topological polar surface area (TPSA) is 56.4 Å². The molecule has 0 bridgehead atoms. The lowest BCUT2D eigenvalue weighted by Gasteiger charge is -2.44. The van der Waals surface area contributed by atoms with Gasteiger partial charge in [-0.05, 0) is 50.2 Å². The molecule has 1 aromatic heterocycles. The van der Waals surface area contributed by atoms with E-state index in [1.165, 1.54) is 12.8 Å². The number of hydrogen-bond donors (Lipinski definition) is 1. The van der Waals surface area contributed by atoms with Crippen LogP contribution in [0.25, 0.3) is 10.9 Å². The fourth-order valence-corrected chi connectivity index (χ4v) is 4.77. The van der Waals surface area contributed by atoms with Crippen molar-refractivity contribution in [1.82, 2.24) is 14.8 Å². The number of hydrogen-bond acceptors (Lipinski definition) is 2. The normalized spacial score (nSPS) is 26.2. The molecular weight excluding hydrogens is 326 g/mol. The van der Waals surface area contributed by atoms with Gasteiger partial charge in [-0.15, -0.1) is 0 Å². The molecule has 1 spiro atoms. The SMILES string of the molecule is O=C1C[C@@]2(CCCCN2C(=O)c2cc3ccccc3[nH]2)CN1CC1CC1. The van der Waals surface area contributed by atoms with Crippen molar-refractivity contribution in [3.63, 3.8) is 0 Å². The van der Waals surface area contributed by atoms with Crippen LogP contribution in [0.1, 0.15) is 49.0 Å². The van der Waals surface area contributed by atoms with Gasteiger partial charge in [0.15, 0.2) is 0 Å². The maximum Gasteiger partial charge on any atom is 0.270 e. The molecule has 0 unspecified atom stereocenters. The number of carbonyl (C=O) groups is 2. The van der Waals surface area contributed by atoms with Crippen molar-refractivity contribution in [3.8, 4) is 0 Å². The second kappa shape index (κ2) is 5.86. The van der Waals surface area contributed by atoms with Crippen LogP contribution in [0.15, 0.2) is 30.3 Å². The van der Waals surface area contributed by atoms with Gasteiger partial charge in [0, 0.05) is 30.5 Å². The summed E-state index contributed by atoms with van der Waals surface area (Å²) < 4.78 is 0. The number of likely N-dealkylation sites (tertiary alicyclic amines) is 2. The standard InChI is InChI=1S/C21H25N3O2/c25-19-12-21(14-23(19)13-15-7-8-15)9-3-4-10-24(21)20(26)18-11-16-5-1-2-6-17(16)22-18/h1-2,5-6,11,15,22H,3-4,7-10,12-14H2/t21-/m0/s1. The molecule has 5 nitrogen and oxygen atoms in total. The van der Waals surface area contributed by atoms with E-state index in [4.69, 9.17) is 0 Å². The number of aromatic nitrogens is 1. The Bertz CT molecular complexity index is 836. The van der Waals surface area contributed by atoms with Crippen LogP contribution in [0, 0.1) is 5.92 Å². The second-order valence-corrected chi connectivity index (χ2v) is 8.30. The number of nitrogens with one attached hydrogen (secondary N) is 1. The number of H-pyrrole nitrogens is 1. The molecule has 1 N–H and O–H groups in total. The lowest BCUT2D eigenvalue weighted by atomic mass is 9.85. The summed E-state index contributed by atoms with van der Waals surface area (Å²) in [6.45, 7) is 2.35. The molecule has 26 heavy (non-hydrogen) atoms. The van der Waals surface area contributed by atoms with E-state index in [1.54, 1.807) is 0 Å². The second-order valence-electron chi connectivity index (χ2n) is 8.30. The molecule has 5 rings (SSSR count). The highest BCUT2D eigenvalue weighted by molar-refractivity contribution is 5.99. The van der Waals surface area contributed by atoms with Gasteiger partial charge in [-0.3, -0.25) is 9.59 Å². The van der Waals surface area contributed by atoms with Crippen LogP contribution in [-0.2, 0) is 4.79 Å². The van der Waals surface area contributed by atoms with E-state index in [-0.39, 0.29) is 17.4 Å². The van der Waals surface area contributed by atoms with Gasteiger partial charge >= 0.3 is 0 Å². The van der Waals surface area contributed by atoms with E-state index in [0.717, 1.165) is 43.3 Å². The molecule has 2 aromatic rings. The first kappa shape index (κ1) is 15.9. The van der Waals surface area contributed by atoms with Gasteiger partial charge in [-0.25, -0.2) is 0 Å². The van der Waals surface area contributed by atoms with Crippen molar-refractivity contribution < 1.29 is 9.59 Å². The summed E-state index contributed by atoms with van der Waals surface area (Å²) in [4.78, 5) is 33.3. The average Bonchev–Trinajstić information content (AvgIpc) is 3.26. The van der Waals surface area contributed by atoms with Gasteiger partial charge in [0.1, 0.15) is 5.69 Å². The number of amides is 2. The zero-order chi connectivity index (χ0) is 17.7. The fourth-order valence-electron chi connectivity index (χ4n) is 4.77. The lowest BCUT2D eigenvalue weighted by Crippen LogP contribution is -2.56. The first-order chi connectivity index (χ1) is 12.6. The quantitative estimate of drug-likeness (QED) is 0.923. The van der Waals surface area contributed by atoms with Crippen LogP contribution in [0.4, 0.5) is 0 Å². The third kappa shape index (κ3) is 2.61. The molecule has 2 amide bonds. The van der Waals surface area contributed by atoms with Crippen molar-refractivity contribution in [3.05, 3.63) is 36.0 Å². The Balaban J connectivity index is 1.44. The number of rotatable bonds is 3. The highest BCUT2D eigenvalue weighted by atomic mass is 16.2. The van der Waals surface area contributed by atoms with Crippen LogP contribution >= 0.6 is 0 Å². The van der Waals surface area contributed by atoms with Crippen LogP contribution < -0.4 is 0 Å². The minimum absolute atomic E-state index is 0.0435. The third-order valence-electron chi connectivity index (χ3n) is 6.35. The number of carbonyl (C=O) groups excluding carboxylic acids is 2. The third-order valence-corrected chi connectivity index (χ3v) is 6.35. The van der Waals surface area contributed by atoms with Gasteiger partial charge in [-0.2, -0.15) is 0 Å². The van der Waals surface area contributed by atoms with E-state index in [1.807, 2.05) is 40.1 Å². The molecule has 1 aliphatic carbocycles. The number of aromatic amines is 1. The Morgan fingerprint density at radius 2 is 2.08 bits per heavy atom. The Morgan fingerprint density at radius 1 is 1.23 bits per heavy atom. The number of piperidine rings is 1. The summed E-state index contributed by atoms with van der Waals surface area (Å²) in [7, 11) is 0. The largest absolute Gasteiger partial charge is 0.351 e. The van der Waals surface area contributed by atoms with Crippen molar-refractivity contribution in [2.24, 2.45) is 5.92 Å². The molecule has 0 radical (unpaired) electrons. The molecule has 1 aromatic carbocycles. The predicted octanol–water partition coefficient (Wildman–Crippen LogP) is 3.18. The summed E-state index contributed by atoms with van der Waals surface area (Å²) in [5.74, 6) is 0.964. The summed E-state index contributed by atoms with van der Waals surface area (Å²) in [5, 5.41) is 1.06. The maximum atomic E-state index is 13.3. The van der Waals surface area contributed by atoms with Gasteiger partial charge < -0.3 is 14.8 Å². The van der Waals surface area contributed by atoms with Gasteiger partial charge in [0.05, 0.1) is 12.0 Å². The number of para-hydroxylation sites is 1. The highest BCUT2D eigenvalue weighted by Crippen LogP contribution is 2.40. The Morgan fingerprint density at radius 3 is 2.88 bits per heavy atom. The summed E-state index contributed by atoms with van der Waals surface area (Å²) in [6.07, 6.45) is 6.03. The molecule has 5 heteroatoms. The predicted molar refractivity (Wildman–Crippen MR) is 99.8 cm³/mol. The monoisotopic (exact) mass is 351 g/mol. The fraction of sp³-hybridized carbons (Fsp3) is 0.524. The Hall–Kier alpha value is -2.30. The first-order valence-electron chi connectivity index (χ1n) is 9.82. The summed E-state index contributed by atoms with van der Waals surface area (Å²) >= 11 is 0. The van der Waals surface area contributed by atoms with Crippen molar-refractivity contribution in [1.29, 1.82) is 0 Å². The molecular formula is C21H25N3O2. The smallest absolute Gasteiger partial charge is 0.270 e. The van der Waals surface area contributed by atoms with E-state index >= 15 is 0 Å².